The average molecular weight is 369 g/mol. The van der Waals surface area contributed by atoms with Crippen LogP contribution in [0.15, 0.2) is 28.7 Å². The first-order chi connectivity index (χ1) is 9.84. The Balaban J connectivity index is 2.68. The van der Waals surface area contributed by atoms with Crippen LogP contribution in [0.1, 0.15) is 33.4 Å². The van der Waals surface area contributed by atoms with Gasteiger partial charge in [0.05, 0.1) is 15.2 Å². The Bertz CT molecular complexity index is 650. The first-order valence-electron chi connectivity index (χ1n) is 6.91. The van der Waals surface area contributed by atoms with Crippen molar-refractivity contribution < 1.29 is 0 Å². The third-order valence-corrected chi connectivity index (χ3v) is 4.10. The number of nitrogens with zero attached hydrogens (tertiary/aromatic N) is 2. The second-order valence-corrected chi connectivity index (χ2v) is 7.02. The number of benzene rings is 1. The minimum atomic E-state index is -0.0953. The van der Waals surface area contributed by atoms with Gasteiger partial charge in [0.1, 0.15) is 5.82 Å². The highest BCUT2D eigenvalue weighted by Gasteiger charge is 2.23. The molecule has 112 valence electrons. The fourth-order valence-corrected chi connectivity index (χ4v) is 3.12. The van der Waals surface area contributed by atoms with Gasteiger partial charge in [-0.05, 0) is 35.0 Å². The summed E-state index contributed by atoms with van der Waals surface area (Å²) < 4.78 is 0.910. The monoisotopic (exact) mass is 367 g/mol. The molecule has 5 heteroatoms. The summed E-state index contributed by atoms with van der Waals surface area (Å²) in [6, 6.07) is 7.64. The van der Waals surface area contributed by atoms with Crippen LogP contribution in [0, 0.1) is 0 Å². The van der Waals surface area contributed by atoms with E-state index in [4.69, 9.17) is 16.6 Å². The molecule has 0 bridgehead atoms. The molecule has 2 rings (SSSR count). The summed E-state index contributed by atoms with van der Waals surface area (Å²) in [4.78, 5) is 9.35. The van der Waals surface area contributed by atoms with Crippen LogP contribution in [-0.2, 0) is 5.41 Å². The molecule has 2 aromatic rings. The molecule has 0 saturated heterocycles. The Labute approximate surface area is 139 Å². The van der Waals surface area contributed by atoms with Crippen molar-refractivity contribution in [3.63, 3.8) is 0 Å². The van der Waals surface area contributed by atoms with Crippen molar-refractivity contribution in [3.8, 4) is 11.4 Å². The fourth-order valence-electron chi connectivity index (χ4n) is 1.99. The standard InChI is InChI=1S/C16H19BrClN3/c1-5-19-15-12(17)13(16(2,3)4)20-14(21-15)10-8-6-7-9-11(10)18/h6-9H,5H2,1-4H3,(H,19,20,21). The van der Waals surface area contributed by atoms with E-state index in [2.05, 4.69) is 47.0 Å². The zero-order valence-corrected chi connectivity index (χ0v) is 15.0. The summed E-state index contributed by atoms with van der Waals surface area (Å²) in [6.45, 7) is 9.23. The second-order valence-electron chi connectivity index (χ2n) is 5.82. The Kier molecular flexibility index (Phi) is 4.89. The van der Waals surface area contributed by atoms with Crippen LogP contribution in [0.4, 0.5) is 5.82 Å². The Morgan fingerprint density at radius 3 is 2.43 bits per heavy atom. The van der Waals surface area contributed by atoms with Gasteiger partial charge in [0.25, 0.3) is 0 Å². The van der Waals surface area contributed by atoms with E-state index in [-0.39, 0.29) is 5.41 Å². The van der Waals surface area contributed by atoms with Crippen LogP contribution in [-0.4, -0.2) is 16.5 Å². The molecule has 1 aromatic carbocycles. The minimum Gasteiger partial charge on any atom is -0.369 e. The van der Waals surface area contributed by atoms with Gasteiger partial charge >= 0.3 is 0 Å². The average Bonchev–Trinajstić information content (AvgIpc) is 2.41. The molecule has 0 saturated carbocycles. The van der Waals surface area contributed by atoms with Crippen molar-refractivity contribution in [2.24, 2.45) is 0 Å². The highest BCUT2D eigenvalue weighted by molar-refractivity contribution is 9.10. The van der Waals surface area contributed by atoms with Gasteiger partial charge in [0, 0.05) is 17.5 Å². The SMILES string of the molecule is CCNc1nc(-c2ccccc2Cl)nc(C(C)(C)C)c1Br. The van der Waals surface area contributed by atoms with Gasteiger partial charge in [-0.1, -0.05) is 44.5 Å². The minimum absolute atomic E-state index is 0.0953. The third-order valence-electron chi connectivity index (χ3n) is 3.02. The van der Waals surface area contributed by atoms with E-state index in [0.717, 1.165) is 28.1 Å². The van der Waals surface area contributed by atoms with E-state index in [1.54, 1.807) is 0 Å². The molecule has 1 aromatic heterocycles. The summed E-state index contributed by atoms with van der Waals surface area (Å²) in [5, 5.41) is 3.93. The van der Waals surface area contributed by atoms with E-state index in [0.29, 0.717) is 10.8 Å². The maximum atomic E-state index is 6.28. The number of nitrogens with one attached hydrogen (secondary N) is 1. The zero-order chi connectivity index (χ0) is 15.6. The van der Waals surface area contributed by atoms with Gasteiger partial charge in [-0.2, -0.15) is 0 Å². The molecular formula is C16H19BrClN3. The predicted octanol–water partition coefficient (Wildman–Crippen LogP) is 5.29. The van der Waals surface area contributed by atoms with E-state index in [9.17, 15) is 0 Å². The maximum absolute atomic E-state index is 6.28. The molecule has 0 unspecified atom stereocenters. The van der Waals surface area contributed by atoms with E-state index < -0.39 is 0 Å². The Morgan fingerprint density at radius 1 is 1.19 bits per heavy atom. The second kappa shape index (κ2) is 6.32. The van der Waals surface area contributed by atoms with E-state index in [1.807, 2.05) is 31.2 Å². The number of hydrogen-bond acceptors (Lipinski definition) is 3. The molecule has 0 aliphatic carbocycles. The molecular weight excluding hydrogens is 350 g/mol. The lowest BCUT2D eigenvalue weighted by Gasteiger charge is -2.22. The number of halogens is 2. The molecule has 0 radical (unpaired) electrons. The lowest BCUT2D eigenvalue weighted by atomic mass is 9.91. The van der Waals surface area contributed by atoms with Crippen LogP contribution in [0.25, 0.3) is 11.4 Å². The molecule has 0 atom stereocenters. The van der Waals surface area contributed by atoms with Crippen molar-refractivity contribution >= 4 is 33.3 Å². The molecule has 0 aliphatic rings. The smallest absolute Gasteiger partial charge is 0.163 e. The molecule has 0 fully saturated rings. The summed E-state index contributed by atoms with van der Waals surface area (Å²) in [5.41, 5.74) is 1.71. The quantitative estimate of drug-likeness (QED) is 0.800. The molecule has 21 heavy (non-hydrogen) atoms. The molecule has 3 nitrogen and oxygen atoms in total. The van der Waals surface area contributed by atoms with Crippen LogP contribution < -0.4 is 5.32 Å². The van der Waals surface area contributed by atoms with Crippen molar-refractivity contribution in [1.29, 1.82) is 0 Å². The topological polar surface area (TPSA) is 37.8 Å². The van der Waals surface area contributed by atoms with Crippen molar-refractivity contribution in [3.05, 3.63) is 39.5 Å². The highest BCUT2D eigenvalue weighted by atomic mass is 79.9. The summed E-state index contributed by atoms with van der Waals surface area (Å²) in [7, 11) is 0. The number of anilines is 1. The number of aromatic nitrogens is 2. The maximum Gasteiger partial charge on any atom is 0.163 e. The van der Waals surface area contributed by atoms with Crippen LogP contribution in [0.3, 0.4) is 0 Å². The normalized spacial score (nSPS) is 11.5. The molecule has 0 spiro atoms. The zero-order valence-electron chi connectivity index (χ0n) is 12.7. The van der Waals surface area contributed by atoms with E-state index >= 15 is 0 Å². The largest absolute Gasteiger partial charge is 0.369 e. The number of hydrogen-bond donors (Lipinski definition) is 1. The van der Waals surface area contributed by atoms with Crippen LogP contribution in [0.5, 0.6) is 0 Å². The molecule has 1 heterocycles. The third kappa shape index (κ3) is 3.55. The fraction of sp³-hybridized carbons (Fsp3) is 0.375. The highest BCUT2D eigenvalue weighted by Crippen LogP contribution is 2.35. The van der Waals surface area contributed by atoms with Crippen LogP contribution >= 0.6 is 27.5 Å². The lowest BCUT2D eigenvalue weighted by molar-refractivity contribution is 0.564. The molecule has 0 aliphatic heterocycles. The summed E-state index contributed by atoms with van der Waals surface area (Å²) in [5.74, 6) is 1.44. The lowest BCUT2D eigenvalue weighted by Crippen LogP contribution is -2.17. The summed E-state index contributed by atoms with van der Waals surface area (Å²) >= 11 is 9.91. The van der Waals surface area contributed by atoms with Gasteiger partial charge in [0.2, 0.25) is 0 Å². The van der Waals surface area contributed by atoms with Crippen molar-refractivity contribution in [1.82, 2.24) is 9.97 Å². The molecule has 1 N–H and O–H groups in total. The van der Waals surface area contributed by atoms with Crippen molar-refractivity contribution in [2.45, 2.75) is 33.1 Å². The van der Waals surface area contributed by atoms with Crippen molar-refractivity contribution in [2.75, 3.05) is 11.9 Å². The van der Waals surface area contributed by atoms with E-state index in [1.165, 1.54) is 0 Å². The number of rotatable bonds is 3. The summed E-state index contributed by atoms with van der Waals surface area (Å²) in [6.07, 6.45) is 0. The Hall–Kier alpha value is -1.13. The first-order valence-corrected chi connectivity index (χ1v) is 8.08. The van der Waals surface area contributed by atoms with Gasteiger partial charge in [-0.3, -0.25) is 0 Å². The van der Waals surface area contributed by atoms with Gasteiger partial charge < -0.3 is 5.32 Å². The van der Waals surface area contributed by atoms with Gasteiger partial charge in [-0.25, -0.2) is 9.97 Å². The van der Waals surface area contributed by atoms with Gasteiger partial charge in [-0.15, -0.1) is 0 Å². The van der Waals surface area contributed by atoms with Gasteiger partial charge in [0.15, 0.2) is 5.82 Å². The Morgan fingerprint density at radius 2 is 1.86 bits per heavy atom. The van der Waals surface area contributed by atoms with Crippen LogP contribution in [0.2, 0.25) is 5.02 Å². The molecule has 0 amide bonds. The predicted molar refractivity (Wildman–Crippen MR) is 93.0 cm³/mol. The first kappa shape index (κ1) is 16.2.